The number of amidine groups is 2. The number of aliphatic hydroxyl groups is 1. The smallest absolute Gasteiger partial charge is 0.289 e. The second-order valence-electron chi connectivity index (χ2n) is 5.81. The number of benzene rings is 1. The van der Waals surface area contributed by atoms with Gasteiger partial charge in [-0.25, -0.2) is 8.78 Å². The lowest BCUT2D eigenvalue weighted by molar-refractivity contribution is -0.0403. The zero-order valence-corrected chi connectivity index (χ0v) is 16.4. The minimum atomic E-state index is -3.17. The van der Waals surface area contributed by atoms with Crippen LogP contribution in [0.15, 0.2) is 33.1 Å². The summed E-state index contributed by atoms with van der Waals surface area (Å²) in [4.78, 5) is 8.51. The zero-order chi connectivity index (χ0) is 19.9. The summed E-state index contributed by atoms with van der Waals surface area (Å²) >= 11 is 1.25. The summed E-state index contributed by atoms with van der Waals surface area (Å²) in [5.74, 6) is -2.15. The van der Waals surface area contributed by atoms with Gasteiger partial charge in [0.25, 0.3) is 5.92 Å². The van der Waals surface area contributed by atoms with E-state index in [-0.39, 0.29) is 0 Å². The maximum Gasteiger partial charge on any atom is 0.289 e. The third-order valence-electron chi connectivity index (χ3n) is 3.62. The van der Waals surface area contributed by atoms with Gasteiger partial charge in [0, 0.05) is 7.05 Å². The van der Waals surface area contributed by atoms with Crippen molar-refractivity contribution < 1.29 is 19.0 Å². The van der Waals surface area contributed by atoms with E-state index in [4.69, 9.17) is 5.11 Å². The molecule has 0 amide bonds. The molecule has 144 valence electrons. The minimum absolute atomic E-state index is 0.377. The van der Waals surface area contributed by atoms with E-state index in [9.17, 15) is 13.9 Å². The molecule has 2 rings (SSSR count). The van der Waals surface area contributed by atoms with Crippen molar-refractivity contribution in [1.82, 2.24) is 5.32 Å². The Morgan fingerprint density at radius 3 is 2.38 bits per heavy atom. The Bertz CT molecular complexity index is 686. The monoisotopic (exact) mass is 385 g/mol. The van der Waals surface area contributed by atoms with Crippen LogP contribution in [0.25, 0.3) is 0 Å². The van der Waals surface area contributed by atoms with Crippen molar-refractivity contribution in [3.63, 3.8) is 0 Å². The number of nitrogens with zero attached hydrogens (tertiary/aromatic N) is 2. The van der Waals surface area contributed by atoms with Crippen LogP contribution in [0.3, 0.4) is 0 Å². The first-order valence-electron chi connectivity index (χ1n) is 8.01. The third-order valence-corrected chi connectivity index (χ3v) is 4.69. The molecule has 0 bridgehead atoms. The first-order valence-corrected chi connectivity index (χ1v) is 8.83. The van der Waals surface area contributed by atoms with Crippen LogP contribution in [0, 0.1) is 20.8 Å². The lowest BCUT2D eigenvalue weighted by Gasteiger charge is -2.09. The van der Waals surface area contributed by atoms with E-state index in [1.54, 1.807) is 13.1 Å². The van der Waals surface area contributed by atoms with E-state index in [2.05, 4.69) is 21.4 Å². The highest BCUT2D eigenvalue weighted by Crippen LogP contribution is 2.25. The summed E-state index contributed by atoms with van der Waals surface area (Å²) in [5.41, 5.74) is 3.24. The molecule has 0 radical (unpaired) electrons. The molecule has 1 aromatic rings. The molecule has 0 saturated carbocycles. The molecule has 1 heterocycles. The highest BCUT2D eigenvalue weighted by atomic mass is 32.2. The summed E-state index contributed by atoms with van der Waals surface area (Å²) in [6.45, 7) is 5.81. The molecule has 0 spiro atoms. The van der Waals surface area contributed by atoms with Gasteiger partial charge in [0.15, 0.2) is 5.17 Å². The van der Waals surface area contributed by atoms with E-state index < -0.39 is 19.1 Å². The Morgan fingerprint density at radius 1 is 1.27 bits per heavy atom. The van der Waals surface area contributed by atoms with Crippen LogP contribution in [-0.2, 0) is 0 Å². The topological polar surface area (TPSA) is 77.2 Å². The van der Waals surface area contributed by atoms with E-state index in [1.165, 1.54) is 11.8 Å². The molecule has 1 aliphatic rings. The lowest BCUT2D eigenvalue weighted by atomic mass is 10.1. The number of aliphatic imine (C=N–C) groups is 2. The van der Waals surface area contributed by atoms with Gasteiger partial charge in [-0.1, -0.05) is 12.1 Å². The minimum Gasteiger partial charge on any atom is -0.508 e. The van der Waals surface area contributed by atoms with Crippen LogP contribution >= 0.6 is 11.8 Å². The fourth-order valence-corrected chi connectivity index (χ4v) is 2.87. The highest BCUT2D eigenvalue weighted by molar-refractivity contribution is 8.18. The number of thioether (sulfide) groups is 1. The fourth-order valence-electron chi connectivity index (χ4n) is 2.03. The van der Waals surface area contributed by atoms with Crippen molar-refractivity contribution in [1.29, 1.82) is 0 Å². The van der Waals surface area contributed by atoms with Gasteiger partial charge in [0.1, 0.15) is 24.7 Å². The van der Waals surface area contributed by atoms with Gasteiger partial charge in [0.05, 0.1) is 4.91 Å². The van der Waals surface area contributed by atoms with Crippen LogP contribution in [0.1, 0.15) is 23.6 Å². The Hall–Kier alpha value is -1.93. The predicted octanol–water partition coefficient (Wildman–Crippen LogP) is 3.56. The summed E-state index contributed by atoms with van der Waals surface area (Å²) in [5, 5.41) is 20.9. The number of hydrogen-bond donors (Lipinski definition) is 3. The average molecular weight is 385 g/mol. The summed E-state index contributed by atoms with van der Waals surface area (Å²) in [6, 6.07) is 3.84. The summed E-state index contributed by atoms with van der Waals surface area (Å²) in [7, 11) is 1.61. The molecule has 1 saturated heterocycles. The van der Waals surface area contributed by atoms with E-state index in [0.29, 0.717) is 16.8 Å². The number of allylic oxidation sites excluding steroid dienone is 1. The molecule has 0 aromatic heterocycles. The number of phenols is 1. The zero-order valence-electron chi connectivity index (χ0n) is 15.6. The van der Waals surface area contributed by atoms with Crippen molar-refractivity contribution in [2.45, 2.75) is 33.6 Å². The summed E-state index contributed by atoms with van der Waals surface area (Å²) in [6.07, 6.45) is 1.83. The largest absolute Gasteiger partial charge is 0.508 e. The van der Waals surface area contributed by atoms with Crippen molar-refractivity contribution in [3.8, 4) is 5.75 Å². The maximum absolute atomic E-state index is 12.7. The summed E-state index contributed by atoms with van der Waals surface area (Å²) < 4.78 is 25.5. The Kier molecular flexibility index (Phi) is 8.23. The van der Waals surface area contributed by atoms with Gasteiger partial charge in [-0.2, -0.15) is 0 Å². The highest BCUT2D eigenvalue weighted by Gasteiger charge is 2.28. The molecule has 0 atom stereocenters. The second-order valence-corrected chi connectivity index (χ2v) is 6.84. The van der Waals surface area contributed by atoms with Crippen LogP contribution in [0.4, 0.5) is 8.78 Å². The first-order chi connectivity index (χ1) is 12.1. The number of aliphatic hydroxyl groups excluding tert-OH is 1. The van der Waals surface area contributed by atoms with E-state index in [0.717, 1.165) is 21.6 Å². The fraction of sp³-hybridized carbons (Fsp3) is 0.444. The Morgan fingerprint density at radius 2 is 1.92 bits per heavy atom. The van der Waals surface area contributed by atoms with E-state index in [1.807, 2.05) is 33.8 Å². The number of nitrogens with one attached hydrogen (secondary N) is 1. The Labute approximate surface area is 157 Å². The molecular formula is C18H25F2N3O2S. The number of hydrogen-bond acceptors (Lipinski definition) is 5. The van der Waals surface area contributed by atoms with Gasteiger partial charge in [-0.15, -0.1) is 0 Å². The average Bonchev–Trinajstić information content (AvgIpc) is 3.01. The first kappa shape index (κ1) is 22.1. The van der Waals surface area contributed by atoms with Crippen molar-refractivity contribution in [2.24, 2.45) is 9.98 Å². The predicted molar refractivity (Wildman–Crippen MR) is 104 cm³/mol. The number of rotatable bonds is 3. The number of phenolic OH excluding ortho intramolecular Hbond substituents is 1. The third kappa shape index (κ3) is 6.42. The second kappa shape index (κ2) is 9.68. The molecule has 1 aliphatic heterocycles. The maximum atomic E-state index is 12.7. The molecule has 5 nitrogen and oxygen atoms in total. The molecule has 1 aromatic carbocycles. The number of alkyl halides is 2. The van der Waals surface area contributed by atoms with Gasteiger partial charge < -0.3 is 15.5 Å². The molecular weight excluding hydrogens is 360 g/mol. The van der Waals surface area contributed by atoms with Gasteiger partial charge in [-0.3, -0.25) is 9.98 Å². The molecule has 0 unspecified atom stereocenters. The van der Waals surface area contributed by atoms with Crippen molar-refractivity contribution >= 4 is 22.8 Å². The number of aromatic hydroxyl groups is 1. The van der Waals surface area contributed by atoms with Gasteiger partial charge >= 0.3 is 0 Å². The SMILES string of the molecule is C/C=C1/SC(=NCC(F)(F)CO)NC1=NC.Cc1cc(C)c(C)c(O)c1. The molecule has 26 heavy (non-hydrogen) atoms. The molecule has 3 N–H and O–H groups in total. The quantitative estimate of drug-likeness (QED) is 0.744. The van der Waals surface area contributed by atoms with Crippen molar-refractivity contribution in [2.75, 3.05) is 20.2 Å². The van der Waals surface area contributed by atoms with Gasteiger partial charge in [-0.05, 0) is 62.2 Å². The lowest BCUT2D eigenvalue weighted by Crippen LogP contribution is -2.27. The number of halogens is 2. The molecule has 8 heteroatoms. The van der Waals surface area contributed by atoms with Gasteiger partial charge in [0.2, 0.25) is 0 Å². The molecule has 1 fully saturated rings. The molecule has 0 aliphatic carbocycles. The van der Waals surface area contributed by atoms with Crippen LogP contribution in [-0.4, -0.2) is 47.3 Å². The van der Waals surface area contributed by atoms with Crippen LogP contribution < -0.4 is 5.32 Å². The van der Waals surface area contributed by atoms with Crippen LogP contribution in [0.5, 0.6) is 5.75 Å². The Balaban J connectivity index is 0.000000289. The standard InChI is InChI=1S/C9H13F2N3OS.C9H12O/c1-3-6-7(12-2)14-8(16-6)13-4-9(10,11)5-15;1-6-4-7(2)8(3)9(10)5-6/h3,15H,4-5H2,1-2H3,(H,12,13,14);4-5,10H,1-3H3/b6-3+;. The van der Waals surface area contributed by atoms with Crippen molar-refractivity contribution in [3.05, 3.63) is 39.8 Å². The van der Waals surface area contributed by atoms with Crippen LogP contribution in [0.2, 0.25) is 0 Å². The number of aryl methyl sites for hydroxylation is 2. The van der Waals surface area contributed by atoms with E-state index >= 15 is 0 Å². The normalized spacial score (nSPS) is 18.8.